The Balaban J connectivity index is 1.62. The molecular formula is C16H20N2O. The van der Waals surface area contributed by atoms with E-state index in [0.29, 0.717) is 6.04 Å². The van der Waals surface area contributed by atoms with E-state index in [4.69, 9.17) is 4.74 Å². The Morgan fingerprint density at radius 2 is 2.05 bits per heavy atom. The minimum atomic E-state index is 0.483. The largest absolute Gasteiger partial charge is 0.384 e. The van der Waals surface area contributed by atoms with Crippen LogP contribution in [0.3, 0.4) is 0 Å². The topological polar surface area (TPSA) is 33.3 Å². The van der Waals surface area contributed by atoms with Crippen molar-refractivity contribution in [1.29, 1.82) is 0 Å². The molecule has 2 aromatic carbocycles. The van der Waals surface area contributed by atoms with Crippen LogP contribution < -0.4 is 10.6 Å². The molecular weight excluding hydrogens is 236 g/mol. The van der Waals surface area contributed by atoms with Crippen LogP contribution in [-0.4, -0.2) is 32.3 Å². The smallest absolute Gasteiger partial charge is 0.0620 e. The minimum Gasteiger partial charge on any atom is -0.384 e. The second-order valence-corrected chi connectivity index (χ2v) is 4.97. The van der Waals surface area contributed by atoms with E-state index in [1.807, 2.05) is 0 Å². The minimum absolute atomic E-state index is 0.483. The summed E-state index contributed by atoms with van der Waals surface area (Å²) in [6, 6.07) is 15.4. The Hall–Kier alpha value is -1.58. The molecule has 0 bridgehead atoms. The maximum atomic E-state index is 5.46. The molecule has 3 nitrogen and oxygen atoms in total. The van der Waals surface area contributed by atoms with Gasteiger partial charge in [-0.2, -0.15) is 0 Å². The zero-order valence-electron chi connectivity index (χ0n) is 11.1. The van der Waals surface area contributed by atoms with Crippen LogP contribution in [0.25, 0.3) is 10.8 Å². The fourth-order valence-corrected chi connectivity index (χ4v) is 2.57. The van der Waals surface area contributed by atoms with Crippen LogP contribution in [0.4, 0.5) is 5.69 Å². The first-order valence-electron chi connectivity index (χ1n) is 6.96. The Morgan fingerprint density at radius 3 is 2.95 bits per heavy atom. The molecule has 1 heterocycles. The maximum absolute atomic E-state index is 5.46. The number of fused-ring (bicyclic) bond motifs is 1. The highest BCUT2D eigenvalue weighted by Crippen LogP contribution is 2.22. The summed E-state index contributed by atoms with van der Waals surface area (Å²) in [7, 11) is 0. The van der Waals surface area contributed by atoms with E-state index < -0.39 is 0 Å². The summed E-state index contributed by atoms with van der Waals surface area (Å²) in [6.07, 6.45) is 1.09. The van der Waals surface area contributed by atoms with Gasteiger partial charge in [-0.1, -0.05) is 36.4 Å². The summed E-state index contributed by atoms with van der Waals surface area (Å²) in [5.74, 6) is 0. The van der Waals surface area contributed by atoms with Crippen molar-refractivity contribution in [2.45, 2.75) is 12.5 Å². The monoisotopic (exact) mass is 256 g/mol. The van der Waals surface area contributed by atoms with Gasteiger partial charge in [-0.15, -0.1) is 0 Å². The van der Waals surface area contributed by atoms with Gasteiger partial charge in [0.15, 0.2) is 0 Å². The molecule has 1 unspecified atom stereocenters. The summed E-state index contributed by atoms with van der Waals surface area (Å²) >= 11 is 0. The van der Waals surface area contributed by atoms with Gasteiger partial charge < -0.3 is 15.4 Å². The quantitative estimate of drug-likeness (QED) is 0.882. The van der Waals surface area contributed by atoms with Gasteiger partial charge in [-0.25, -0.2) is 0 Å². The van der Waals surface area contributed by atoms with Gasteiger partial charge in [0.25, 0.3) is 0 Å². The first-order valence-corrected chi connectivity index (χ1v) is 6.96. The van der Waals surface area contributed by atoms with Gasteiger partial charge in [0.2, 0.25) is 0 Å². The van der Waals surface area contributed by atoms with Gasteiger partial charge in [0.05, 0.1) is 13.2 Å². The lowest BCUT2D eigenvalue weighted by molar-refractivity contribution is 0.0753. The molecule has 0 amide bonds. The summed E-state index contributed by atoms with van der Waals surface area (Å²) < 4.78 is 5.46. The highest BCUT2D eigenvalue weighted by molar-refractivity contribution is 5.93. The number of nitrogens with one attached hydrogen (secondary N) is 2. The predicted octanol–water partition coefficient (Wildman–Crippen LogP) is 2.63. The maximum Gasteiger partial charge on any atom is 0.0620 e. The normalized spacial score (nSPS) is 19.5. The average Bonchev–Trinajstić information content (AvgIpc) is 2.49. The third-order valence-corrected chi connectivity index (χ3v) is 3.60. The van der Waals surface area contributed by atoms with Crippen LogP contribution in [0.2, 0.25) is 0 Å². The molecule has 1 aliphatic rings. The third kappa shape index (κ3) is 3.06. The molecule has 19 heavy (non-hydrogen) atoms. The second-order valence-electron chi connectivity index (χ2n) is 4.97. The lowest BCUT2D eigenvalue weighted by Crippen LogP contribution is -2.42. The first kappa shape index (κ1) is 12.5. The zero-order valence-corrected chi connectivity index (χ0v) is 11.1. The number of anilines is 1. The predicted molar refractivity (Wildman–Crippen MR) is 79.7 cm³/mol. The van der Waals surface area contributed by atoms with Crippen molar-refractivity contribution in [1.82, 2.24) is 5.32 Å². The molecule has 1 aliphatic heterocycles. The van der Waals surface area contributed by atoms with E-state index >= 15 is 0 Å². The Bertz CT molecular complexity index is 530. The number of hydrogen-bond donors (Lipinski definition) is 2. The SMILES string of the molecule is c1ccc2c(NCCC3COCCN3)cccc2c1. The van der Waals surface area contributed by atoms with Crippen LogP contribution in [-0.2, 0) is 4.74 Å². The summed E-state index contributed by atoms with van der Waals surface area (Å²) in [6.45, 7) is 3.61. The molecule has 2 N–H and O–H groups in total. The summed E-state index contributed by atoms with van der Waals surface area (Å²) in [5, 5.41) is 9.59. The number of hydrogen-bond acceptors (Lipinski definition) is 3. The Kier molecular flexibility index (Phi) is 3.96. The van der Waals surface area contributed by atoms with Gasteiger partial charge in [-0.05, 0) is 17.9 Å². The van der Waals surface area contributed by atoms with Gasteiger partial charge in [-0.3, -0.25) is 0 Å². The first-order chi connectivity index (χ1) is 9.43. The molecule has 1 atom stereocenters. The molecule has 1 fully saturated rings. The van der Waals surface area contributed by atoms with Crippen molar-refractivity contribution >= 4 is 16.5 Å². The third-order valence-electron chi connectivity index (χ3n) is 3.60. The van der Waals surface area contributed by atoms with E-state index in [2.05, 4.69) is 53.1 Å². The molecule has 3 rings (SSSR count). The summed E-state index contributed by atoms with van der Waals surface area (Å²) in [5.41, 5.74) is 1.22. The molecule has 0 aliphatic carbocycles. The lowest BCUT2D eigenvalue weighted by atomic mass is 10.1. The highest BCUT2D eigenvalue weighted by atomic mass is 16.5. The van der Waals surface area contributed by atoms with Gasteiger partial charge in [0, 0.05) is 30.2 Å². The number of benzene rings is 2. The van der Waals surface area contributed by atoms with E-state index in [-0.39, 0.29) is 0 Å². The molecule has 2 aromatic rings. The average molecular weight is 256 g/mol. The Labute approximate surface area is 114 Å². The van der Waals surface area contributed by atoms with Crippen LogP contribution in [0.1, 0.15) is 6.42 Å². The lowest BCUT2D eigenvalue weighted by Gasteiger charge is -2.24. The fraction of sp³-hybridized carbons (Fsp3) is 0.375. The highest BCUT2D eigenvalue weighted by Gasteiger charge is 2.12. The van der Waals surface area contributed by atoms with E-state index in [1.54, 1.807) is 0 Å². The van der Waals surface area contributed by atoms with E-state index in [9.17, 15) is 0 Å². The van der Waals surface area contributed by atoms with Crippen LogP contribution in [0.5, 0.6) is 0 Å². The summed E-state index contributed by atoms with van der Waals surface area (Å²) in [4.78, 5) is 0. The number of ether oxygens (including phenoxy) is 1. The Morgan fingerprint density at radius 1 is 1.16 bits per heavy atom. The molecule has 0 radical (unpaired) electrons. The molecule has 0 saturated carbocycles. The van der Waals surface area contributed by atoms with Crippen molar-refractivity contribution < 1.29 is 4.74 Å². The number of rotatable bonds is 4. The van der Waals surface area contributed by atoms with Crippen molar-refractivity contribution in [3.05, 3.63) is 42.5 Å². The van der Waals surface area contributed by atoms with Crippen LogP contribution in [0, 0.1) is 0 Å². The van der Waals surface area contributed by atoms with E-state index in [0.717, 1.165) is 32.7 Å². The van der Waals surface area contributed by atoms with Crippen LogP contribution in [0.15, 0.2) is 42.5 Å². The van der Waals surface area contributed by atoms with Crippen molar-refractivity contribution in [3.8, 4) is 0 Å². The molecule has 1 saturated heterocycles. The molecule has 0 aromatic heterocycles. The molecule has 0 spiro atoms. The van der Waals surface area contributed by atoms with Crippen LogP contribution >= 0.6 is 0 Å². The standard InChI is InChI=1S/C16H20N2O/c1-2-6-15-13(4-1)5-3-7-16(15)18-9-8-14-12-19-11-10-17-14/h1-7,14,17-18H,8-12H2. The van der Waals surface area contributed by atoms with Gasteiger partial charge >= 0.3 is 0 Å². The second kappa shape index (κ2) is 6.04. The van der Waals surface area contributed by atoms with Crippen molar-refractivity contribution in [2.24, 2.45) is 0 Å². The molecule has 100 valence electrons. The number of morpholine rings is 1. The van der Waals surface area contributed by atoms with Crippen molar-refractivity contribution in [2.75, 3.05) is 31.6 Å². The fourth-order valence-electron chi connectivity index (χ4n) is 2.57. The van der Waals surface area contributed by atoms with E-state index in [1.165, 1.54) is 16.5 Å². The molecule has 3 heteroatoms. The van der Waals surface area contributed by atoms with Crippen molar-refractivity contribution in [3.63, 3.8) is 0 Å². The van der Waals surface area contributed by atoms with Gasteiger partial charge in [0.1, 0.15) is 0 Å². The zero-order chi connectivity index (χ0) is 12.9.